The highest BCUT2D eigenvalue weighted by atomic mass is 32.1. The number of ether oxygens (including phenoxy) is 1. The van der Waals surface area contributed by atoms with Crippen molar-refractivity contribution in [2.75, 3.05) is 33.9 Å². The van der Waals surface area contributed by atoms with Crippen molar-refractivity contribution in [2.24, 2.45) is 5.92 Å². The zero-order chi connectivity index (χ0) is 11.8. The molecule has 1 saturated carbocycles. The van der Waals surface area contributed by atoms with Crippen molar-refractivity contribution in [3.05, 3.63) is 0 Å². The molecule has 1 aliphatic carbocycles. The van der Waals surface area contributed by atoms with Crippen LogP contribution in [-0.2, 0) is 4.74 Å². The molecule has 0 aliphatic heterocycles. The summed E-state index contributed by atoms with van der Waals surface area (Å²) in [6.45, 7) is 2.81. The van der Waals surface area contributed by atoms with E-state index < -0.39 is 0 Å². The first-order valence-electron chi connectivity index (χ1n) is 6.22. The Morgan fingerprint density at radius 2 is 2.12 bits per heavy atom. The van der Waals surface area contributed by atoms with Gasteiger partial charge in [-0.25, -0.2) is 0 Å². The Hall–Kier alpha value is -0.350. The number of hydrogen-bond donors (Lipinski definition) is 1. The molecule has 1 fully saturated rings. The Kier molecular flexibility index (Phi) is 6.73. The summed E-state index contributed by atoms with van der Waals surface area (Å²) in [5.74, 6) is 0.851. The highest BCUT2D eigenvalue weighted by Crippen LogP contribution is 2.25. The van der Waals surface area contributed by atoms with Crippen molar-refractivity contribution in [2.45, 2.75) is 32.1 Å². The summed E-state index contributed by atoms with van der Waals surface area (Å²) in [5, 5.41) is 4.15. The van der Waals surface area contributed by atoms with Crippen LogP contribution in [0.3, 0.4) is 0 Å². The molecule has 0 aromatic heterocycles. The first-order chi connectivity index (χ1) is 7.74. The Balaban J connectivity index is 2.09. The molecule has 0 aromatic rings. The minimum absolute atomic E-state index is 0.794. The number of hydrogen-bond acceptors (Lipinski definition) is 2. The maximum Gasteiger partial charge on any atom is 0.168 e. The van der Waals surface area contributed by atoms with Crippen molar-refractivity contribution in [1.82, 2.24) is 10.2 Å². The van der Waals surface area contributed by atoms with Crippen LogP contribution < -0.4 is 5.32 Å². The minimum atomic E-state index is 0.794. The van der Waals surface area contributed by atoms with Gasteiger partial charge in [-0.3, -0.25) is 0 Å². The van der Waals surface area contributed by atoms with Gasteiger partial charge in [0.2, 0.25) is 0 Å². The molecule has 1 N–H and O–H groups in total. The second-order valence-electron chi connectivity index (χ2n) is 4.61. The average molecular weight is 244 g/mol. The third-order valence-electron chi connectivity index (χ3n) is 3.15. The third kappa shape index (κ3) is 5.12. The van der Waals surface area contributed by atoms with Gasteiger partial charge in [-0.15, -0.1) is 0 Å². The molecule has 0 amide bonds. The molecule has 0 unspecified atom stereocenters. The van der Waals surface area contributed by atoms with E-state index in [1.54, 1.807) is 7.11 Å². The van der Waals surface area contributed by atoms with E-state index in [0.717, 1.165) is 37.1 Å². The maximum absolute atomic E-state index is 5.33. The van der Waals surface area contributed by atoms with Crippen LogP contribution in [0.2, 0.25) is 0 Å². The summed E-state index contributed by atoms with van der Waals surface area (Å²) >= 11 is 5.33. The van der Waals surface area contributed by atoms with Gasteiger partial charge >= 0.3 is 0 Å². The zero-order valence-corrected chi connectivity index (χ0v) is 11.3. The quantitative estimate of drug-likeness (QED) is 0.571. The maximum atomic E-state index is 5.33. The molecular formula is C12H24N2OS. The highest BCUT2D eigenvalue weighted by Gasteiger charge is 2.17. The lowest BCUT2D eigenvalue weighted by Gasteiger charge is -2.24. The van der Waals surface area contributed by atoms with Gasteiger partial charge in [0.15, 0.2) is 5.11 Å². The molecule has 0 saturated heterocycles. The van der Waals surface area contributed by atoms with Crippen molar-refractivity contribution < 1.29 is 4.74 Å². The normalized spacial score (nSPS) is 16.4. The zero-order valence-electron chi connectivity index (χ0n) is 10.5. The third-order valence-corrected chi connectivity index (χ3v) is 3.61. The fourth-order valence-electron chi connectivity index (χ4n) is 2.21. The second kappa shape index (κ2) is 7.85. The van der Waals surface area contributed by atoms with Gasteiger partial charge in [0.05, 0.1) is 0 Å². The molecule has 3 nitrogen and oxygen atoms in total. The van der Waals surface area contributed by atoms with Crippen LogP contribution in [0.4, 0.5) is 0 Å². The van der Waals surface area contributed by atoms with Gasteiger partial charge in [-0.05, 0) is 37.4 Å². The molecule has 0 bridgehead atoms. The smallest absolute Gasteiger partial charge is 0.168 e. The van der Waals surface area contributed by atoms with Gasteiger partial charge in [0, 0.05) is 33.9 Å². The van der Waals surface area contributed by atoms with Crippen molar-refractivity contribution in [1.29, 1.82) is 0 Å². The molecule has 1 aliphatic rings. The number of nitrogens with zero attached hydrogens (tertiary/aromatic N) is 1. The Morgan fingerprint density at radius 1 is 1.44 bits per heavy atom. The lowest BCUT2D eigenvalue weighted by Crippen LogP contribution is -2.39. The van der Waals surface area contributed by atoms with E-state index in [2.05, 4.69) is 17.3 Å². The van der Waals surface area contributed by atoms with Crippen LogP contribution in [0.1, 0.15) is 32.1 Å². The molecule has 0 aromatic carbocycles. The summed E-state index contributed by atoms with van der Waals surface area (Å²) < 4.78 is 4.99. The molecule has 4 heteroatoms. The van der Waals surface area contributed by atoms with E-state index in [4.69, 9.17) is 17.0 Å². The molecule has 16 heavy (non-hydrogen) atoms. The van der Waals surface area contributed by atoms with Crippen LogP contribution in [0.15, 0.2) is 0 Å². The number of nitrogens with one attached hydrogen (secondary N) is 1. The van der Waals surface area contributed by atoms with Crippen LogP contribution in [0, 0.1) is 5.92 Å². The summed E-state index contributed by atoms with van der Waals surface area (Å²) in [5.41, 5.74) is 0. The Labute approximate surface area is 105 Å². The van der Waals surface area contributed by atoms with Crippen LogP contribution in [0.5, 0.6) is 0 Å². The van der Waals surface area contributed by atoms with Gasteiger partial charge in [0.25, 0.3) is 0 Å². The summed E-state index contributed by atoms with van der Waals surface area (Å²) in [4.78, 5) is 2.18. The van der Waals surface area contributed by atoms with E-state index in [1.807, 2.05) is 0 Å². The van der Waals surface area contributed by atoms with Gasteiger partial charge in [-0.2, -0.15) is 0 Å². The van der Waals surface area contributed by atoms with E-state index >= 15 is 0 Å². The summed E-state index contributed by atoms with van der Waals surface area (Å²) in [6, 6.07) is 0. The fraction of sp³-hybridized carbons (Fsp3) is 0.917. The summed E-state index contributed by atoms with van der Waals surface area (Å²) in [6.07, 6.45) is 6.54. The first-order valence-corrected chi connectivity index (χ1v) is 6.62. The van der Waals surface area contributed by atoms with Crippen molar-refractivity contribution >= 4 is 17.3 Å². The molecule has 0 radical (unpaired) electrons. The molecule has 94 valence electrons. The topological polar surface area (TPSA) is 24.5 Å². The minimum Gasteiger partial charge on any atom is -0.385 e. The Morgan fingerprint density at radius 3 is 2.75 bits per heavy atom. The predicted octanol–water partition coefficient (Wildman–Crippen LogP) is 2.02. The monoisotopic (exact) mass is 244 g/mol. The van der Waals surface area contributed by atoms with Crippen molar-refractivity contribution in [3.63, 3.8) is 0 Å². The van der Waals surface area contributed by atoms with Gasteiger partial charge in [-0.1, -0.05) is 12.8 Å². The van der Waals surface area contributed by atoms with Crippen LogP contribution in [0.25, 0.3) is 0 Å². The number of rotatable bonds is 6. The molecule has 0 spiro atoms. The lowest BCUT2D eigenvalue weighted by atomic mass is 10.1. The number of thiocarbonyl (C=S) groups is 1. The largest absolute Gasteiger partial charge is 0.385 e. The van der Waals surface area contributed by atoms with E-state index in [-0.39, 0.29) is 0 Å². The standard InChI is InChI=1S/C12H24N2OS/c1-14(10-11-6-3-4-7-11)12(16)13-8-5-9-15-2/h11H,3-10H2,1-2H3,(H,13,16). The average Bonchev–Trinajstić information content (AvgIpc) is 2.76. The summed E-state index contributed by atoms with van der Waals surface area (Å²) in [7, 11) is 3.81. The molecular weight excluding hydrogens is 220 g/mol. The van der Waals surface area contributed by atoms with Crippen LogP contribution >= 0.6 is 12.2 Å². The lowest BCUT2D eigenvalue weighted by molar-refractivity contribution is 0.195. The molecule has 0 atom stereocenters. The predicted molar refractivity (Wildman–Crippen MR) is 71.7 cm³/mol. The second-order valence-corrected chi connectivity index (χ2v) is 5.00. The van der Waals surface area contributed by atoms with E-state index in [0.29, 0.717) is 0 Å². The Bertz CT molecular complexity index is 205. The highest BCUT2D eigenvalue weighted by molar-refractivity contribution is 7.80. The molecule has 1 rings (SSSR count). The van der Waals surface area contributed by atoms with E-state index in [1.165, 1.54) is 25.7 Å². The van der Waals surface area contributed by atoms with Crippen LogP contribution in [-0.4, -0.2) is 43.9 Å². The number of methoxy groups -OCH3 is 1. The first kappa shape index (κ1) is 13.7. The fourth-order valence-corrected chi connectivity index (χ4v) is 2.39. The molecule has 0 heterocycles. The van der Waals surface area contributed by atoms with Gasteiger partial charge in [0.1, 0.15) is 0 Å². The SMILES string of the molecule is COCCCNC(=S)N(C)CC1CCCC1. The van der Waals surface area contributed by atoms with Crippen molar-refractivity contribution in [3.8, 4) is 0 Å². The van der Waals surface area contributed by atoms with E-state index in [9.17, 15) is 0 Å². The van der Waals surface area contributed by atoms with Gasteiger partial charge < -0.3 is 15.0 Å².